The molecule has 5 heteroatoms. The van der Waals surface area contributed by atoms with Gasteiger partial charge in [0.2, 0.25) is 0 Å². The van der Waals surface area contributed by atoms with Crippen LogP contribution in [-0.4, -0.2) is 36.7 Å². The highest BCUT2D eigenvalue weighted by Crippen LogP contribution is 2.24. The monoisotopic (exact) mass is 277 g/mol. The van der Waals surface area contributed by atoms with Gasteiger partial charge in [0, 0.05) is 18.8 Å². The summed E-state index contributed by atoms with van der Waals surface area (Å²) in [5.41, 5.74) is 6.19. The Morgan fingerprint density at radius 3 is 3.00 bits per heavy atom. The van der Waals surface area contributed by atoms with Gasteiger partial charge in [-0.1, -0.05) is 0 Å². The molecule has 1 aliphatic rings. The molecule has 0 radical (unpaired) electrons. The summed E-state index contributed by atoms with van der Waals surface area (Å²) in [7, 11) is 0. The van der Waals surface area contributed by atoms with Gasteiger partial charge in [0.1, 0.15) is 5.82 Å². The lowest BCUT2D eigenvalue weighted by Gasteiger charge is -2.36. The average molecular weight is 277 g/mol. The Hall–Kier alpha value is -1.62. The lowest BCUT2D eigenvalue weighted by molar-refractivity contribution is 0.0526. The van der Waals surface area contributed by atoms with Crippen molar-refractivity contribution in [2.75, 3.05) is 24.6 Å². The number of carbonyl (C=O) groups excluding carboxylic acids is 1. The molecule has 0 bridgehead atoms. The smallest absolute Gasteiger partial charge is 0.339 e. The van der Waals surface area contributed by atoms with E-state index >= 15 is 0 Å². The zero-order chi connectivity index (χ0) is 14.4. The van der Waals surface area contributed by atoms with Gasteiger partial charge in [-0.05, 0) is 51.3 Å². The fraction of sp³-hybridized carbons (Fsp3) is 0.600. The number of hydrogen-bond acceptors (Lipinski definition) is 5. The van der Waals surface area contributed by atoms with Gasteiger partial charge in [-0.25, -0.2) is 9.78 Å². The van der Waals surface area contributed by atoms with Crippen LogP contribution in [0.2, 0.25) is 0 Å². The third-order valence-corrected chi connectivity index (χ3v) is 3.68. The van der Waals surface area contributed by atoms with Crippen LogP contribution in [0.1, 0.15) is 43.0 Å². The predicted molar refractivity (Wildman–Crippen MR) is 78.8 cm³/mol. The average Bonchev–Trinajstić information content (AvgIpc) is 2.49. The molecule has 110 valence electrons. The fourth-order valence-electron chi connectivity index (χ4n) is 2.69. The molecular formula is C15H23N3O2. The van der Waals surface area contributed by atoms with E-state index < -0.39 is 0 Å². The van der Waals surface area contributed by atoms with Gasteiger partial charge in [0.15, 0.2) is 0 Å². The molecular weight excluding hydrogens is 254 g/mol. The lowest BCUT2D eigenvalue weighted by atomic mass is 9.99. The Balaban J connectivity index is 2.09. The molecule has 1 aromatic rings. The van der Waals surface area contributed by atoms with Gasteiger partial charge >= 0.3 is 5.97 Å². The quantitative estimate of drug-likeness (QED) is 0.833. The topological polar surface area (TPSA) is 68.5 Å². The van der Waals surface area contributed by atoms with Crippen LogP contribution in [0, 0.1) is 0 Å². The Labute approximate surface area is 120 Å². The van der Waals surface area contributed by atoms with Crippen molar-refractivity contribution in [1.29, 1.82) is 0 Å². The molecule has 2 rings (SSSR count). The molecule has 1 fully saturated rings. The predicted octanol–water partition coefficient (Wildman–Crippen LogP) is 1.97. The minimum Gasteiger partial charge on any atom is -0.462 e. The van der Waals surface area contributed by atoms with E-state index in [0.717, 1.165) is 18.8 Å². The number of esters is 1. The summed E-state index contributed by atoms with van der Waals surface area (Å²) in [6, 6.07) is 4.16. The van der Waals surface area contributed by atoms with Crippen molar-refractivity contribution >= 4 is 11.8 Å². The molecule has 5 nitrogen and oxygen atoms in total. The zero-order valence-corrected chi connectivity index (χ0v) is 12.0. The number of piperidine rings is 1. The lowest BCUT2D eigenvalue weighted by Crippen LogP contribution is -2.41. The Bertz CT molecular complexity index is 431. The highest BCUT2D eigenvalue weighted by atomic mass is 16.5. The molecule has 1 atom stereocenters. The SMILES string of the molecule is CCOC(=O)c1ccc(N2CCCCC2CCN)nc1. The summed E-state index contributed by atoms with van der Waals surface area (Å²) in [5.74, 6) is 0.611. The van der Waals surface area contributed by atoms with E-state index in [9.17, 15) is 4.79 Å². The maximum Gasteiger partial charge on any atom is 0.339 e. The first-order valence-electron chi connectivity index (χ1n) is 7.36. The minimum atomic E-state index is -0.316. The van der Waals surface area contributed by atoms with Gasteiger partial charge in [0.05, 0.1) is 12.2 Å². The summed E-state index contributed by atoms with van der Waals surface area (Å²) in [6.45, 7) is 3.88. The number of pyridine rings is 1. The summed E-state index contributed by atoms with van der Waals surface area (Å²) in [4.78, 5) is 18.3. The summed E-state index contributed by atoms with van der Waals surface area (Å²) in [6.07, 6.45) is 6.19. The second-order valence-electron chi connectivity index (χ2n) is 5.05. The summed E-state index contributed by atoms with van der Waals surface area (Å²) in [5, 5.41) is 0. The molecule has 1 unspecified atom stereocenters. The number of hydrogen-bond donors (Lipinski definition) is 1. The maximum absolute atomic E-state index is 11.6. The van der Waals surface area contributed by atoms with Crippen molar-refractivity contribution in [3.63, 3.8) is 0 Å². The van der Waals surface area contributed by atoms with Crippen LogP contribution in [0.3, 0.4) is 0 Å². The van der Waals surface area contributed by atoms with Crippen molar-refractivity contribution in [3.05, 3.63) is 23.9 Å². The van der Waals surface area contributed by atoms with Crippen molar-refractivity contribution < 1.29 is 9.53 Å². The fourth-order valence-corrected chi connectivity index (χ4v) is 2.69. The van der Waals surface area contributed by atoms with Crippen molar-refractivity contribution in [2.24, 2.45) is 5.73 Å². The summed E-state index contributed by atoms with van der Waals surface area (Å²) < 4.78 is 4.96. The van der Waals surface area contributed by atoms with E-state index in [1.54, 1.807) is 19.2 Å². The number of carbonyl (C=O) groups is 1. The Morgan fingerprint density at radius 1 is 1.50 bits per heavy atom. The van der Waals surface area contributed by atoms with E-state index in [-0.39, 0.29) is 5.97 Å². The molecule has 0 spiro atoms. The number of ether oxygens (including phenoxy) is 1. The Kier molecular flexibility index (Phi) is 5.35. The molecule has 2 N–H and O–H groups in total. The first kappa shape index (κ1) is 14.8. The number of nitrogens with zero attached hydrogens (tertiary/aromatic N) is 2. The van der Waals surface area contributed by atoms with Gasteiger partial charge in [-0.15, -0.1) is 0 Å². The highest BCUT2D eigenvalue weighted by molar-refractivity contribution is 5.89. The number of rotatable bonds is 5. The van der Waals surface area contributed by atoms with Crippen molar-refractivity contribution in [3.8, 4) is 0 Å². The van der Waals surface area contributed by atoms with Gasteiger partial charge in [-0.3, -0.25) is 0 Å². The third kappa shape index (κ3) is 3.48. The first-order chi connectivity index (χ1) is 9.76. The third-order valence-electron chi connectivity index (χ3n) is 3.68. The number of anilines is 1. The van der Waals surface area contributed by atoms with Crippen LogP contribution >= 0.6 is 0 Å². The zero-order valence-electron chi connectivity index (χ0n) is 12.0. The van der Waals surface area contributed by atoms with E-state index in [2.05, 4.69) is 9.88 Å². The van der Waals surface area contributed by atoms with Crippen LogP contribution < -0.4 is 10.6 Å². The minimum absolute atomic E-state index is 0.316. The summed E-state index contributed by atoms with van der Waals surface area (Å²) >= 11 is 0. The molecule has 0 amide bonds. The second-order valence-corrected chi connectivity index (χ2v) is 5.05. The van der Waals surface area contributed by atoms with Gasteiger partial charge < -0.3 is 15.4 Å². The van der Waals surface area contributed by atoms with Crippen LogP contribution in [0.25, 0.3) is 0 Å². The van der Waals surface area contributed by atoms with Gasteiger partial charge in [-0.2, -0.15) is 0 Å². The second kappa shape index (κ2) is 7.24. The largest absolute Gasteiger partial charge is 0.462 e. The van der Waals surface area contributed by atoms with E-state index in [1.165, 1.54) is 19.3 Å². The maximum atomic E-state index is 11.6. The number of aromatic nitrogens is 1. The Morgan fingerprint density at radius 2 is 2.35 bits per heavy atom. The molecule has 0 aromatic carbocycles. The molecule has 2 heterocycles. The van der Waals surface area contributed by atoms with Crippen LogP contribution in [0.5, 0.6) is 0 Å². The van der Waals surface area contributed by atoms with Crippen LogP contribution in [-0.2, 0) is 4.74 Å². The first-order valence-corrected chi connectivity index (χ1v) is 7.36. The standard InChI is InChI=1S/C15H23N3O2/c1-2-20-15(19)12-6-7-14(17-11-12)18-10-4-3-5-13(18)8-9-16/h6-7,11,13H,2-5,8-10,16H2,1H3. The van der Waals surface area contributed by atoms with Crippen LogP contribution in [0.4, 0.5) is 5.82 Å². The van der Waals surface area contributed by atoms with Crippen molar-refractivity contribution in [1.82, 2.24) is 4.98 Å². The van der Waals surface area contributed by atoms with E-state index in [1.807, 2.05) is 6.07 Å². The molecule has 0 aliphatic carbocycles. The molecule has 20 heavy (non-hydrogen) atoms. The molecule has 1 aliphatic heterocycles. The van der Waals surface area contributed by atoms with Gasteiger partial charge in [0.25, 0.3) is 0 Å². The highest BCUT2D eigenvalue weighted by Gasteiger charge is 2.23. The van der Waals surface area contributed by atoms with E-state index in [0.29, 0.717) is 24.8 Å². The molecule has 1 aromatic heterocycles. The molecule has 0 saturated carbocycles. The molecule has 1 saturated heterocycles. The van der Waals surface area contributed by atoms with Crippen molar-refractivity contribution in [2.45, 2.75) is 38.6 Å². The van der Waals surface area contributed by atoms with Crippen LogP contribution in [0.15, 0.2) is 18.3 Å². The normalized spacial score (nSPS) is 18.9. The van der Waals surface area contributed by atoms with E-state index in [4.69, 9.17) is 10.5 Å². The number of nitrogens with two attached hydrogens (primary N) is 1.